The minimum absolute atomic E-state index is 0.0389. The van der Waals surface area contributed by atoms with Crippen LogP contribution in [0.4, 0.5) is 11.4 Å². The average Bonchev–Trinajstić information content (AvgIpc) is 2.60. The molecule has 2 aromatic carbocycles. The van der Waals surface area contributed by atoms with Crippen molar-refractivity contribution in [3.05, 3.63) is 79.0 Å². The van der Waals surface area contributed by atoms with Gasteiger partial charge in [0.25, 0.3) is 11.2 Å². The number of nitrogens with zero attached hydrogens (tertiary/aromatic N) is 3. The van der Waals surface area contributed by atoms with E-state index in [1.807, 2.05) is 24.3 Å². The standard InChI is InChI=1S/C17H13BrN4O3/c1-21-15-5-3-2-4-12(15)14(9-17(21)23)20-19-10-11-6-7-13(18)16(8-11)22(24)25/h2-10,20H,1H3. The molecule has 7 nitrogen and oxygen atoms in total. The summed E-state index contributed by atoms with van der Waals surface area (Å²) >= 11 is 3.14. The molecule has 0 aliphatic rings. The van der Waals surface area contributed by atoms with Crippen LogP contribution >= 0.6 is 15.9 Å². The van der Waals surface area contributed by atoms with E-state index in [0.29, 0.717) is 15.7 Å². The van der Waals surface area contributed by atoms with Gasteiger partial charge in [0, 0.05) is 30.1 Å². The highest BCUT2D eigenvalue weighted by Gasteiger charge is 2.11. The Labute approximate surface area is 150 Å². The molecule has 25 heavy (non-hydrogen) atoms. The summed E-state index contributed by atoms with van der Waals surface area (Å²) in [4.78, 5) is 22.5. The topological polar surface area (TPSA) is 89.5 Å². The van der Waals surface area contributed by atoms with Crippen molar-refractivity contribution in [2.75, 3.05) is 5.43 Å². The van der Waals surface area contributed by atoms with Gasteiger partial charge in [-0.3, -0.25) is 20.3 Å². The zero-order valence-electron chi connectivity index (χ0n) is 13.1. The van der Waals surface area contributed by atoms with Crippen molar-refractivity contribution in [2.45, 2.75) is 0 Å². The van der Waals surface area contributed by atoms with E-state index in [0.717, 1.165) is 10.9 Å². The summed E-state index contributed by atoms with van der Waals surface area (Å²) in [5, 5.41) is 15.9. The summed E-state index contributed by atoms with van der Waals surface area (Å²) in [5.41, 5.74) is 4.57. The monoisotopic (exact) mass is 400 g/mol. The summed E-state index contributed by atoms with van der Waals surface area (Å²) in [6.45, 7) is 0. The summed E-state index contributed by atoms with van der Waals surface area (Å²) in [6, 6.07) is 13.6. The molecule has 1 heterocycles. The Kier molecular flexibility index (Phi) is 4.62. The van der Waals surface area contributed by atoms with Gasteiger partial charge in [-0.1, -0.05) is 24.3 Å². The molecule has 0 bridgehead atoms. The number of hydrogen-bond acceptors (Lipinski definition) is 5. The first kappa shape index (κ1) is 16.8. The van der Waals surface area contributed by atoms with Gasteiger partial charge in [0.2, 0.25) is 0 Å². The van der Waals surface area contributed by atoms with Crippen LogP contribution in [0.5, 0.6) is 0 Å². The number of hydrogen-bond donors (Lipinski definition) is 1. The lowest BCUT2D eigenvalue weighted by molar-refractivity contribution is -0.385. The Morgan fingerprint density at radius 3 is 2.76 bits per heavy atom. The first-order valence-electron chi connectivity index (χ1n) is 7.29. The molecule has 0 unspecified atom stereocenters. The molecular weight excluding hydrogens is 388 g/mol. The number of anilines is 1. The van der Waals surface area contributed by atoms with Crippen molar-refractivity contribution in [3.63, 3.8) is 0 Å². The Balaban J connectivity index is 1.92. The van der Waals surface area contributed by atoms with Crippen molar-refractivity contribution in [3.8, 4) is 0 Å². The number of aromatic nitrogens is 1. The molecule has 0 aliphatic carbocycles. The number of nitro groups is 1. The third kappa shape index (κ3) is 3.43. The Bertz CT molecular complexity index is 1060. The van der Waals surface area contributed by atoms with Crippen LogP contribution < -0.4 is 11.0 Å². The second kappa shape index (κ2) is 6.86. The summed E-state index contributed by atoms with van der Waals surface area (Å²) < 4.78 is 1.96. The van der Waals surface area contributed by atoms with Gasteiger partial charge in [0.1, 0.15) is 0 Å². The minimum Gasteiger partial charge on any atom is -0.311 e. The zero-order chi connectivity index (χ0) is 18.0. The number of nitrogens with one attached hydrogen (secondary N) is 1. The smallest absolute Gasteiger partial charge is 0.284 e. The number of rotatable bonds is 4. The lowest BCUT2D eigenvalue weighted by Gasteiger charge is -2.09. The number of fused-ring (bicyclic) bond motifs is 1. The molecular formula is C17H13BrN4O3. The number of pyridine rings is 1. The summed E-state index contributed by atoms with van der Waals surface area (Å²) in [5.74, 6) is 0. The van der Waals surface area contributed by atoms with Crippen LogP contribution in [0.3, 0.4) is 0 Å². The maximum Gasteiger partial charge on any atom is 0.284 e. The summed E-state index contributed by atoms with van der Waals surface area (Å²) in [6.07, 6.45) is 1.46. The number of aryl methyl sites for hydroxylation is 1. The minimum atomic E-state index is -0.469. The lowest BCUT2D eigenvalue weighted by atomic mass is 10.2. The number of halogens is 1. The highest BCUT2D eigenvalue weighted by Crippen LogP contribution is 2.25. The van der Waals surface area contributed by atoms with Crippen LogP contribution in [0.2, 0.25) is 0 Å². The fraction of sp³-hybridized carbons (Fsp3) is 0.0588. The average molecular weight is 401 g/mol. The predicted octanol–water partition coefficient (Wildman–Crippen LogP) is 3.66. The molecule has 0 saturated heterocycles. The Morgan fingerprint density at radius 2 is 2.00 bits per heavy atom. The van der Waals surface area contributed by atoms with Crippen LogP contribution in [0.15, 0.2) is 62.9 Å². The van der Waals surface area contributed by atoms with E-state index in [-0.39, 0.29) is 11.2 Å². The van der Waals surface area contributed by atoms with E-state index in [2.05, 4.69) is 26.5 Å². The molecule has 1 N–H and O–H groups in total. The van der Waals surface area contributed by atoms with Crippen LogP contribution in [0.1, 0.15) is 5.56 Å². The molecule has 0 fully saturated rings. The van der Waals surface area contributed by atoms with E-state index in [1.165, 1.54) is 18.3 Å². The van der Waals surface area contributed by atoms with Crippen LogP contribution in [0.25, 0.3) is 10.9 Å². The van der Waals surface area contributed by atoms with Crippen LogP contribution in [-0.2, 0) is 7.05 Å². The SMILES string of the molecule is Cn1c(=O)cc(NN=Cc2ccc(Br)c([N+](=O)[O-])c2)c2ccccc21. The van der Waals surface area contributed by atoms with Gasteiger partial charge in [0.05, 0.1) is 26.8 Å². The van der Waals surface area contributed by atoms with Gasteiger partial charge in [-0.15, -0.1) is 0 Å². The van der Waals surface area contributed by atoms with Gasteiger partial charge in [-0.25, -0.2) is 0 Å². The molecule has 0 radical (unpaired) electrons. The van der Waals surface area contributed by atoms with Gasteiger partial charge < -0.3 is 4.57 Å². The van der Waals surface area contributed by atoms with Gasteiger partial charge >= 0.3 is 0 Å². The normalized spacial score (nSPS) is 11.1. The predicted molar refractivity (Wildman–Crippen MR) is 101 cm³/mol. The first-order chi connectivity index (χ1) is 12.0. The number of nitro benzene ring substituents is 1. The molecule has 0 saturated carbocycles. The molecule has 0 spiro atoms. The van der Waals surface area contributed by atoms with Gasteiger partial charge in [-0.05, 0) is 28.1 Å². The maximum atomic E-state index is 12.0. The fourth-order valence-electron chi connectivity index (χ4n) is 2.43. The fourth-order valence-corrected chi connectivity index (χ4v) is 2.82. The van der Waals surface area contributed by atoms with E-state index < -0.39 is 4.92 Å². The molecule has 1 aromatic heterocycles. The van der Waals surface area contributed by atoms with Crippen molar-refractivity contribution in [1.82, 2.24) is 4.57 Å². The quantitative estimate of drug-likeness (QED) is 0.411. The molecule has 0 aliphatic heterocycles. The molecule has 8 heteroatoms. The third-order valence-electron chi connectivity index (χ3n) is 3.72. The largest absolute Gasteiger partial charge is 0.311 e. The molecule has 3 rings (SSSR count). The van der Waals surface area contributed by atoms with Gasteiger partial charge in [0.15, 0.2) is 0 Å². The van der Waals surface area contributed by atoms with Crippen molar-refractivity contribution in [1.29, 1.82) is 0 Å². The van der Waals surface area contributed by atoms with E-state index in [4.69, 9.17) is 0 Å². The Morgan fingerprint density at radius 1 is 1.24 bits per heavy atom. The van der Waals surface area contributed by atoms with Gasteiger partial charge in [-0.2, -0.15) is 5.10 Å². The van der Waals surface area contributed by atoms with E-state index in [9.17, 15) is 14.9 Å². The molecule has 3 aromatic rings. The second-order valence-corrected chi connectivity index (χ2v) is 6.16. The highest BCUT2D eigenvalue weighted by molar-refractivity contribution is 9.10. The number of benzene rings is 2. The molecule has 0 amide bonds. The zero-order valence-corrected chi connectivity index (χ0v) is 14.7. The van der Waals surface area contributed by atoms with E-state index >= 15 is 0 Å². The molecule has 126 valence electrons. The van der Waals surface area contributed by atoms with Crippen LogP contribution in [-0.4, -0.2) is 15.7 Å². The Hall–Kier alpha value is -3.00. The number of hydrazone groups is 1. The van der Waals surface area contributed by atoms with Crippen molar-refractivity contribution >= 4 is 44.4 Å². The van der Waals surface area contributed by atoms with E-state index in [1.54, 1.807) is 23.7 Å². The van der Waals surface area contributed by atoms with Crippen molar-refractivity contribution in [2.24, 2.45) is 12.1 Å². The highest BCUT2D eigenvalue weighted by atomic mass is 79.9. The second-order valence-electron chi connectivity index (χ2n) is 5.31. The lowest BCUT2D eigenvalue weighted by Crippen LogP contribution is -2.16. The molecule has 0 atom stereocenters. The maximum absolute atomic E-state index is 12.0. The van der Waals surface area contributed by atoms with Crippen LogP contribution in [0, 0.1) is 10.1 Å². The third-order valence-corrected chi connectivity index (χ3v) is 4.39. The van der Waals surface area contributed by atoms with Crippen molar-refractivity contribution < 1.29 is 4.92 Å². The number of para-hydroxylation sites is 1. The summed E-state index contributed by atoms with van der Waals surface area (Å²) in [7, 11) is 1.71. The first-order valence-corrected chi connectivity index (χ1v) is 8.08.